The quantitative estimate of drug-likeness (QED) is 0.489. The Balaban J connectivity index is 2.89. The van der Waals surface area contributed by atoms with E-state index in [2.05, 4.69) is 5.09 Å². The second kappa shape index (κ2) is 8.53. The molecule has 1 unspecified atom stereocenters. The summed E-state index contributed by atoms with van der Waals surface area (Å²) in [5, 5.41) is 12.4. The van der Waals surface area contributed by atoms with Crippen LogP contribution in [0, 0.1) is 0 Å². The lowest BCUT2D eigenvalue weighted by molar-refractivity contribution is -0.137. The van der Waals surface area contributed by atoms with E-state index in [4.69, 9.17) is 60.8 Å². The van der Waals surface area contributed by atoms with Crippen molar-refractivity contribution in [3.63, 3.8) is 0 Å². The van der Waals surface area contributed by atoms with Crippen LogP contribution in [0.3, 0.4) is 0 Å². The fourth-order valence-electron chi connectivity index (χ4n) is 1.28. The van der Waals surface area contributed by atoms with Crippen LogP contribution in [0.4, 0.5) is 5.69 Å². The number of aliphatic carboxylic acids is 1. The zero-order chi connectivity index (χ0) is 16.0. The molecule has 0 aliphatic carbocycles. The third kappa shape index (κ3) is 6.28. The number of hydrogen-bond donors (Lipinski definition) is 2. The molecule has 0 heterocycles. The van der Waals surface area contributed by atoms with E-state index in [1.54, 1.807) is 6.92 Å². The lowest BCUT2D eigenvalue weighted by atomic mass is 10.3. The van der Waals surface area contributed by atoms with E-state index in [1.165, 1.54) is 12.1 Å². The molecule has 10 heteroatoms. The molecule has 0 amide bonds. The third-order valence-corrected chi connectivity index (χ3v) is 5.72. The van der Waals surface area contributed by atoms with Gasteiger partial charge in [-0.05, 0) is 30.9 Å². The van der Waals surface area contributed by atoms with Gasteiger partial charge in [0.05, 0.1) is 40.4 Å². The first-order chi connectivity index (χ1) is 9.77. The maximum absolute atomic E-state index is 10.5. The van der Waals surface area contributed by atoms with Gasteiger partial charge in [-0.3, -0.25) is 4.79 Å². The number of rotatable bonds is 8. The van der Waals surface area contributed by atoms with Gasteiger partial charge in [0.15, 0.2) is 0 Å². The van der Waals surface area contributed by atoms with Gasteiger partial charge in [-0.25, -0.2) is 0 Å². The van der Waals surface area contributed by atoms with E-state index >= 15 is 0 Å². The predicted octanol–water partition coefficient (Wildman–Crippen LogP) is 4.81. The number of anilines is 1. The summed E-state index contributed by atoms with van der Waals surface area (Å²) in [6, 6.07) is 2.98. The third-order valence-electron chi connectivity index (χ3n) is 2.14. The van der Waals surface area contributed by atoms with Crippen LogP contribution in [0.25, 0.3) is 0 Å². The maximum Gasteiger partial charge on any atom is 0.305 e. The first-order valence-electron chi connectivity index (χ1n) is 5.81. The summed E-state index contributed by atoms with van der Waals surface area (Å²) < 4.78 is 10.8. The number of halogens is 3. The van der Waals surface area contributed by atoms with Crippen LogP contribution in [0.5, 0.6) is 0 Å². The number of hydrogen-bond acceptors (Lipinski definition) is 4. The van der Waals surface area contributed by atoms with Crippen LogP contribution in [0.1, 0.15) is 13.3 Å². The van der Waals surface area contributed by atoms with Crippen molar-refractivity contribution < 1.29 is 18.9 Å². The molecule has 1 aromatic rings. The molecule has 0 fully saturated rings. The van der Waals surface area contributed by atoms with E-state index in [-0.39, 0.29) is 13.0 Å². The Bertz CT molecular complexity index is 573. The van der Waals surface area contributed by atoms with Crippen LogP contribution in [-0.4, -0.2) is 24.3 Å². The molecule has 5 nitrogen and oxygen atoms in total. The molecular weight excluding hydrogens is 380 g/mol. The van der Waals surface area contributed by atoms with E-state index in [0.29, 0.717) is 27.4 Å². The second-order valence-corrected chi connectivity index (χ2v) is 8.15. The summed E-state index contributed by atoms with van der Waals surface area (Å²) in [6.45, 7) is -0.945. The SMILES string of the molecule is CCOP(=S)(Nc1cc(Cl)c(Cl)cc1Cl)OCCC(=O)O. The van der Waals surface area contributed by atoms with Crippen LogP contribution in [0.2, 0.25) is 15.1 Å². The molecule has 1 aromatic carbocycles. The van der Waals surface area contributed by atoms with Crippen molar-refractivity contribution >= 4 is 64.9 Å². The van der Waals surface area contributed by atoms with Gasteiger partial charge < -0.3 is 19.2 Å². The van der Waals surface area contributed by atoms with Crippen LogP contribution >= 0.6 is 41.4 Å². The van der Waals surface area contributed by atoms with Crippen molar-refractivity contribution in [1.29, 1.82) is 0 Å². The molecule has 0 spiro atoms. The number of nitrogens with one attached hydrogen (secondary N) is 1. The summed E-state index contributed by atoms with van der Waals surface area (Å²) in [5.74, 6) is -0.986. The highest BCUT2D eigenvalue weighted by molar-refractivity contribution is 8.10. The first kappa shape index (κ1) is 19.0. The second-order valence-electron chi connectivity index (χ2n) is 3.75. The van der Waals surface area contributed by atoms with Crippen LogP contribution < -0.4 is 5.09 Å². The van der Waals surface area contributed by atoms with Gasteiger partial charge in [0.1, 0.15) is 0 Å². The molecule has 0 saturated carbocycles. The van der Waals surface area contributed by atoms with Gasteiger partial charge in [-0.2, -0.15) is 0 Å². The lowest BCUT2D eigenvalue weighted by Gasteiger charge is -2.23. The van der Waals surface area contributed by atoms with Gasteiger partial charge >= 0.3 is 5.97 Å². The Morgan fingerprint density at radius 3 is 2.48 bits per heavy atom. The number of carboxylic acid groups (broad SMARTS) is 1. The molecule has 0 bridgehead atoms. The molecule has 0 aliphatic heterocycles. The molecule has 0 radical (unpaired) electrons. The molecule has 0 aromatic heterocycles. The van der Waals surface area contributed by atoms with Gasteiger partial charge in [-0.15, -0.1) is 0 Å². The molecule has 2 N–H and O–H groups in total. The van der Waals surface area contributed by atoms with Crippen molar-refractivity contribution in [2.75, 3.05) is 18.3 Å². The standard InChI is InChI=1S/C11H13Cl3NO4PS/c1-2-18-20(21,19-4-3-11(16)17)15-10-6-8(13)7(12)5-9(10)14/h5-6H,2-4H2,1H3,(H,15,21)(H,16,17). The van der Waals surface area contributed by atoms with Crippen molar-refractivity contribution in [3.05, 3.63) is 27.2 Å². The fraction of sp³-hybridized carbons (Fsp3) is 0.364. The Kier molecular flexibility index (Phi) is 7.71. The Morgan fingerprint density at radius 2 is 1.90 bits per heavy atom. The van der Waals surface area contributed by atoms with Crippen molar-refractivity contribution in [2.45, 2.75) is 13.3 Å². The molecular formula is C11H13Cl3NO4PS. The number of benzene rings is 1. The minimum absolute atomic E-state index is 0.0709. The summed E-state index contributed by atoms with van der Waals surface area (Å²) in [5.41, 5.74) is 0.415. The Morgan fingerprint density at radius 1 is 1.29 bits per heavy atom. The smallest absolute Gasteiger partial charge is 0.305 e. The average molecular weight is 393 g/mol. The fourth-order valence-corrected chi connectivity index (χ4v) is 4.13. The van der Waals surface area contributed by atoms with Crippen LogP contribution in [-0.2, 0) is 25.6 Å². The molecule has 0 saturated heterocycles. The molecule has 1 rings (SSSR count). The summed E-state index contributed by atoms with van der Waals surface area (Å²) in [4.78, 5) is 10.5. The number of carboxylic acids is 1. The maximum atomic E-state index is 10.5. The highest BCUT2D eigenvalue weighted by Gasteiger charge is 2.21. The van der Waals surface area contributed by atoms with E-state index in [0.717, 1.165) is 0 Å². The topological polar surface area (TPSA) is 67.8 Å². The van der Waals surface area contributed by atoms with Crippen LogP contribution in [0.15, 0.2) is 12.1 Å². The minimum Gasteiger partial charge on any atom is -0.481 e. The van der Waals surface area contributed by atoms with Gasteiger partial charge in [0.2, 0.25) is 0 Å². The molecule has 118 valence electrons. The largest absolute Gasteiger partial charge is 0.481 e. The monoisotopic (exact) mass is 391 g/mol. The summed E-state index contributed by atoms with van der Waals surface area (Å²) >= 11 is 23.1. The summed E-state index contributed by atoms with van der Waals surface area (Å²) in [6.07, 6.45) is -0.178. The van der Waals surface area contributed by atoms with Gasteiger partial charge in [0.25, 0.3) is 6.64 Å². The molecule has 0 aliphatic rings. The summed E-state index contributed by atoms with van der Waals surface area (Å²) in [7, 11) is 0. The lowest BCUT2D eigenvalue weighted by Crippen LogP contribution is -2.08. The van der Waals surface area contributed by atoms with Gasteiger partial charge in [-0.1, -0.05) is 34.8 Å². The first-order valence-corrected chi connectivity index (χ1v) is 9.58. The zero-order valence-electron chi connectivity index (χ0n) is 10.9. The number of carbonyl (C=O) groups is 1. The Labute approximate surface area is 142 Å². The average Bonchev–Trinajstić information content (AvgIpc) is 2.35. The molecule has 1 atom stereocenters. The van der Waals surface area contributed by atoms with Crippen molar-refractivity contribution in [1.82, 2.24) is 0 Å². The van der Waals surface area contributed by atoms with E-state index < -0.39 is 12.6 Å². The van der Waals surface area contributed by atoms with Crippen molar-refractivity contribution in [3.8, 4) is 0 Å². The normalized spacial score (nSPS) is 13.7. The highest BCUT2D eigenvalue weighted by Crippen LogP contribution is 2.50. The highest BCUT2D eigenvalue weighted by atomic mass is 35.5. The van der Waals surface area contributed by atoms with E-state index in [9.17, 15) is 4.79 Å². The zero-order valence-corrected chi connectivity index (χ0v) is 14.9. The van der Waals surface area contributed by atoms with Crippen molar-refractivity contribution in [2.24, 2.45) is 0 Å². The minimum atomic E-state index is -2.93. The predicted molar refractivity (Wildman–Crippen MR) is 89.2 cm³/mol. The van der Waals surface area contributed by atoms with Gasteiger partial charge in [0, 0.05) is 0 Å². The molecule has 21 heavy (non-hydrogen) atoms. The Hall–Kier alpha value is -0.0700. The van der Waals surface area contributed by atoms with E-state index in [1.807, 2.05) is 0 Å².